The molecule has 0 fully saturated rings. The first-order valence-electron chi connectivity index (χ1n) is 10.8. The Labute approximate surface area is 218 Å². The van der Waals surface area contributed by atoms with E-state index in [-0.39, 0.29) is 34.2 Å². The molecular formula is C22H23ClFN5O9. The van der Waals surface area contributed by atoms with Crippen LogP contribution in [0.2, 0.25) is 5.28 Å². The largest absolute Gasteiger partial charge is 0.481 e. The Morgan fingerprint density at radius 2 is 1.74 bits per heavy atom. The number of hydrogen-bond acceptors (Lipinski definition) is 10. The maximum atomic E-state index is 15.3. The number of aliphatic carboxylic acids is 3. The Morgan fingerprint density at radius 1 is 1.13 bits per heavy atom. The molecule has 2 aromatic heterocycles. The molecule has 3 aromatic rings. The van der Waals surface area contributed by atoms with Gasteiger partial charge in [-0.3, -0.25) is 9.36 Å². The minimum atomic E-state index is -2.84. The fourth-order valence-electron chi connectivity index (χ4n) is 3.62. The van der Waals surface area contributed by atoms with Gasteiger partial charge in [-0.15, -0.1) is 0 Å². The number of nitrogen functional groups attached to an aromatic ring is 1. The van der Waals surface area contributed by atoms with Crippen LogP contribution in [-0.4, -0.2) is 89.4 Å². The lowest BCUT2D eigenvalue weighted by Gasteiger charge is -2.30. The van der Waals surface area contributed by atoms with E-state index in [1.807, 2.05) is 0 Å². The van der Waals surface area contributed by atoms with Gasteiger partial charge in [0.05, 0.1) is 19.4 Å². The van der Waals surface area contributed by atoms with Crippen LogP contribution in [0.4, 0.5) is 10.2 Å². The Balaban J connectivity index is 1.82. The molecule has 16 heteroatoms. The number of rotatable bonds is 13. The van der Waals surface area contributed by atoms with Crippen molar-refractivity contribution in [3.05, 3.63) is 47.0 Å². The summed E-state index contributed by atoms with van der Waals surface area (Å²) in [5.74, 6) is -4.92. The van der Waals surface area contributed by atoms with E-state index in [1.54, 1.807) is 0 Å². The zero-order valence-corrected chi connectivity index (χ0v) is 20.4. The first-order chi connectivity index (χ1) is 17.9. The number of carboxylic acids is 3. The van der Waals surface area contributed by atoms with Gasteiger partial charge in [0.25, 0.3) is 5.60 Å². The van der Waals surface area contributed by atoms with Crippen LogP contribution in [-0.2, 0) is 36.7 Å². The number of imidazole rings is 1. The van der Waals surface area contributed by atoms with Crippen molar-refractivity contribution < 1.29 is 48.7 Å². The van der Waals surface area contributed by atoms with Crippen molar-refractivity contribution in [3.8, 4) is 0 Å². The van der Waals surface area contributed by atoms with Crippen LogP contribution in [0.5, 0.6) is 0 Å². The number of alkyl halides is 1. The minimum Gasteiger partial charge on any atom is -0.481 e. The molecular weight excluding hydrogens is 533 g/mol. The fraction of sp³-hybridized carbons (Fsp3) is 0.364. The van der Waals surface area contributed by atoms with E-state index >= 15 is 4.39 Å². The summed E-state index contributed by atoms with van der Waals surface area (Å²) in [6, 6.07) is 5.55. The number of benzene rings is 1. The lowest BCUT2D eigenvalue weighted by molar-refractivity contribution is -0.192. The van der Waals surface area contributed by atoms with Crippen molar-refractivity contribution >= 4 is 46.5 Å². The summed E-state index contributed by atoms with van der Waals surface area (Å²) in [5, 5.41) is 38.8. The predicted molar refractivity (Wildman–Crippen MR) is 127 cm³/mol. The molecule has 204 valence electrons. The Bertz CT molecular complexity index is 1320. The van der Waals surface area contributed by atoms with E-state index in [0.29, 0.717) is 5.56 Å². The molecule has 0 radical (unpaired) electrons. The van der Waals surface area contributed by atoms with Crippen LogP contribution in [0.15, 0.2) is 30.6 Å². The second kappa shape index (κ2) is 11.6. The smallest absolute Gasteiger partial charge is 0.348 e. The number of halogens is 2. The molecule has 0 spiro atoms. The number of aromatic nitrogens is 4. The predicted octanol–water partition coefficient (Wildman–Crippen LogP) is 0.700. The van der Waals surface area contributed by atoms with Crippen molar-refractivity contribution in [1.82, 2.24) is 19.5 Å². The summed E-state index contributed by atoms with van der Waals surface area (Å²) >= 11 is 5.77. The first kappa shape index (κ1) is 28.6. The maximum Gasteiger partial charge on any atom is 0.348 e. The van der Waals surface area contributed by atoms with Crippen LogP contribution >= 0.6 is 11.6 Å². The van der Waals surface area contributed by atoms with Crippen molar-refractivity contribution in [3.63, 3.8) is 0 Å². The zero-order chi connectivity index (χ0) is 28.2. The van der Waals surface area contributed by atoms with Gasteiger partial charge in [-0.1, -0.05) is 24.3 Å². The van der Waals surface area contributed by atoms with Gasteiger partial charge in [-0.2, -0.15) is 9.97 Å². The molecule has 14 nitrogen and oxygen atoms in total. The van der Waals surface area contributed by atoms with Gasteiger partial charge >= 0.3 is 17.9 Å². The van der Waals surface area contributed by atoms with Gasteiger partial charge in [0, 0.05) is 13.5 Å². The third kappa shape index (κ3) is 5.96. The summed E-state index contributed by atoms with van der Waals surface area (Å²) in [6.07, 6.45) is -5.80. The summed E-state index contributed by atoms with van der Waals surface area (Å²) in [5.41, 5.74) is 3.36. The van der Waals surface area contributed by atoms with Crippen LogP contribution in [0.3, 0.4) is 0 Å². The maximum absolute atomic E-state index is 15.3. The number of nitrogens with two attached hydrogens (primary N) is 1. The molecule has 0 amide bonds. The normalized spacial score (nSPS) is 14.2. The molecule has 0 saturated heterocycles. The number of aliphatic hydroxyl groups is 1. The molecule has 6 N–H and O–H groups in total. The molecule has 38 heavy (non-hydrogen) atoms. The highest BCUT2D eigenvalue weighted by molar-refractivity contribution is 6.28. The molecule has 2 heterocycles. The standard InChI is InChI=1S/C22H23ClFN5O9/c1-37-12(15(32)16(24)29-9-26-14-17(25)27-21(23)28-18(14)29)8-38-22(19(33)34,20(35)36)7-11-4-2-10(3-5-11)6-13(30)31/h2-5,9,12,15-16,32H,6-8H2,1H3,(H,30,31)(H,33,34)(H,35,36)(H2,25,27,28)/t12-,15-,16-/m1/s1. The third-order valence-corrected chi connectivity index (χ3v) is 5.84. The highest BCUT2D eigenvalue weighted by Gasteiger charge is 2.49. The second-order valence-corrected chi connectivity index (χ2v) is 8.49. The lowest BCUT2D eigenvalue weighted by Crippen LogP contribution is -2.53. The second-order valence-electron chi connectivity index (χ2n) is 8.15. The van der Waals surface area contributed by atoms with Gasteiger partial charge in [0.15, 0.2) is 11.5 Å². The van der Waals surface area contributed by atoms with Crippen molar-refractivity contribution in [2.45, 2.75) is 36.9 Å². The number of fused-ring (bicyclic) bond motifs is 1. The SMILES string of the molecule is CO[C@H](COC(Cc1ccc(CC(=O)O)cc1)(C(=O)O)C(=O)O)[C@@H](O)[C@H](F)n1cnc2c(N)nc(Cl)nc21. The number of nitrogens with zero attached hydrogens (tertiary/aromatic N) is 4. The molecule has 0 unspecified atom stereocenters. The highest BCUT2D eigenvalue weighted by atomic mass is 35.5. The van der Waals surface area contributed by atoms with Crippen LogP contribution in [0.25, 0.3) is 11.2 Å². The number of carboxylic acid groups (broad SMARTS) is 3. The summed E-state index contributed by atoms with van der Waals surface area (Å²) in [6.45, 7) is -0.849. The number of ether oxygens (including phenoxy) is 2. The van der Waals surface area contributed by atoms with Gasteiger partial charge in [0.1, 0.15) is 17.7 Å². The van der Waals surface area contributed by atoms with Crippen molar-refractivity contribution in [2.24, 2.45) is 0 Å². The van der Waals surface area contributed by atoms with E-state index in [1.165, 1.54) is 24.3 Å². The summed E-state index contributed by atoms with van der Waals surface area (Å²) in [7, 11) is 1.08. The number of aliphatic hydroxyl groups excluding tert-OH is 1. The minimum absolute atomic E-state index is 0.0135. The van der Waals surface area contributed by atoms with Gasteiger partial charge in [0.2, 0.25) is 11.6 Å². The van der Waals surface area contributed by atoms with E-state index in [2.05, 4.69) is 15.0 Å². The van der Waals surface area contributed by atoms with E-state index in [0.717, 1.165) is 18.0 Å². The lowest BCUT2D eigenvalue weighted by atomic mass is 9.93. The number of hydrogen-bond donors (Lipinski definition) is 5. The molecule has 3 atom stereocenters. The van der Waals surface area contributed by atoms with Crippen LogP contribution < -0.4 is 5.73 Å². The average Bonchev–Trinajstić information content (AvgIpc) is 3.27. The quantitative estimate of drug-likeness (QED) is 0.145. The number of carbonyl (C=O) groups is 3. The molecule has 0 aliphatic rings. The summed E-state index contributed by atoms with van der Waals surface area (Å²) < 4.78 is 26.5. The Kier molecular flexibility index (Phi) is 8.78. The molecule has 1 aromatic carbocycles. The van der Waals surface area contributed by atoms with Gasteiger partial charge in [-0.25, -0.2) is 19.0 Å². The van der Waals surface area contributed by atoms with Gasteiger partial charge in [-0.05, 0) is 22.7 Å². The molecule has 3 rings (SSSR count). The summed E-state index contributed by atoms with van der Waals surface area (Å²) in [4.78, 5) is 46.4. The highest BCUT2D eigenvalue weighted by Crippen LogP contribution is 2.27. The zero-order valence-electron chi connectivity index (χ0n) is 19.7. The molecule has 0 bridgehead atoms. The van der Waals surface area contributed by atoms with E-state index in [9.17, 15) is 29.7 Å². The monoisotopic (exact) mass is 555 g/mol. The van der Waals surface area contributed by atoms with Crippen LogP contribution in [0.1, 0.15) is 17.4 Å². The Morgan fingerprint density at radius 3 is 2.29 bits per heavy atom. The number of anilines is 1. The average molecular weight is 556 g/mol. The fourth-order valence-corrected chi connectivity index (χ4v) is 3.79. The van der Waals surface area contributed by atoms with E-state index in [4.69, 9.17) is 31.9 Å². The van der Waals surface area contributed by atoms with Crippen molar-refractivity contribution in [1.29, 1.82) is 0 Å². The molecule has 0 aliphatic heterocycles. The number of methoxy groups -OCH3 is 1. The van der Waals surface area contributed by atoms with Crippen LogP contribution in [0, 0.1) is 0 Å². The first-order valence-corrected chi connectivity index (χ1v) is 11.2. The van der Waals surface area contributed by atoms with Crippen molar-refractivity contribution in [2.75, 3.05) is 19.5 Å². The Hall–Kier alpha value is -3.92. The van der Waals surface area contributed by atoms with E-state index < -0.39 is 55.0 Å². The van der Waals surface area contributed by atoms with Gasteiger partial charge < -0.3 is 35.6 Å². The molecule has 0 saturated carbocycles. The topological polar surface area (TPSA) is 220 Å². The molecule has 0 aliphatic carbocycles. The third-order valence-electron chi connectivity index (χ3n) is 5.67.